The normalized spacial score (nSPS) is 29.6. The zero-order chi connectivity index (χ0) is 19.7. The van der Waals surface area contributed by atoms with Crippen molar-refractivity contribution in [3.63, 3.8) is 0 Å². The van der Waals surface area contributed by atoms with E-state index in [0.29, 0.717) is 18.7 Å². The second-order valence-corrected chi connectivity index (χ2v) is 7.68. The van der Waals surface area contributed by atoms with Gasteiger partial charge in [-0.05, 0) is 62.3 Å². The van der Waals surface area contributed by atoms with Gasteiger partial charge in [0.05, 0.1) is 17.7 Å². The number of carbonyl (C=O) groups is 2. The number of allylic oxidation sites excluding steroid dienone is 2. The number of rotatable bonds is 4. The molecule has 1 aromatic rings. The molecule has 3 unspecified atom stereocenters. The van der Waals surface area contributed by atoms with E-state index in [-0.39, 0.29) is 23.4 Å². The van der Waals surface area contributed by atoms with Crippen LogP contribution in [-0.4, -0.2) is 47.0 Å². The maximum absolute atomic E-state index is 13.3. The van der Waals surface area contributed by atoms with Crippen molar-refractivity contribution in [1.29, 1.82) is 0 Å². The number of ether oxygens (including phenoxy) is 1. The topological polar surface area (TPSA) is 66.8 Å². The quantitative estimate of drug-likeness (QED) is 0.373. The monoisotopic (exact) mass is 385 g/mol. The van der Waals surface area contributed by atoms with Crippen molar-refractivity contribution < 1.29 is 23.8 Å². The number of nitrogens with zero attached hydrogens (tertiary/aromatic N) is 1. The lowest BCUT2D eigenvalue weighted by Gasteiger charge is -2.33. The minimum absolute atomic E-state index is 0.0550. The highest BCUT2D eigenvalue weighted by atomic mass is 19.1. The van der Waals surface area contributed by atoms with E-state index >= 15 is 0 Å². The number of likely N-dealkylation sites (tertiary alicyclic amines) is 1. The van der Waals surface area contributed by atoms with E-state index in [2.05, 4.69) is 12.2 Å². The maximum atomic E-state index is 13.3. The molecule has 1 amide bonds. The molecule has 2 fully saturated rings. The van der Waals surface area contributed by atoms with Crippen LogP contribution in [0.5, 0.6) is 0 Å². The number of hydrogen-bond donors (Lipinski definition) is 1. The van der Waals surface area contributed by atoms with E-state index in [0.717, 1.165) is 32.1 Å². The third-order valence-corrected chi connectivity index (χ3v) is 5.88. The molecular formula is C22H24FNO4. The molecule has 4 rings (SSSR count). The Morgan fingerprint density at radius 3 is 2.61 bits per heavy atom. The van der Waals surface area contributed by atoms with E-state index in [1.165, 1.54) is 24.3 Å². The molecule has 2 aliphatic heterocycles. The number of amides is 1. The second kappa shape index (κ2) is 7.87. The summed E-state index contributed by atoms with van der Waals surface area (Å²) in [6, 6.07) is 4.83. The fourth-order valence-electron chi connectivity index (χ4n) is 4.47. The Morgan fingerprint density at radius 2 is 1.96 bits per heavy atom. The average molecular weight is 385 g/mol. The van der Waals surface area contributed by atoms with Crippen molar-refractivity contribution in [2.75, 3.05) is 13.2 Å². The molecular weight excluding hydrogens is 361 g/mol. The largest absolute Gasteiger partial charge is 0.507 e. The smallest absolute Gasteiger partial charge is 0.295 e. The molecule has 3 aliphatic rings. The van der Waals surface area contributed by atoms with Crippen LogP contribution in [0.1, 0.15) is 37.7 Å². The highest BCUT2D eigenvalue weighted by Crippen LogP contribution is 2.38. The molecule has 5 nitrogen and oxygen atoms in total. The van der Waals surface area contributed by atoms with Crippen molar-refractivity contribution in [3.8, 4) is 0 Å². The summed E-state index contributed by atoms with van der Waals surface area (Å²) in [6.07, 6.45) is 8.35. The number of Topliss-reactive ketones (excluding diaryl/α,β-unsaturated/α-hetero) is 1. The van der Waals surface area contributed by atoms with Crippen LogP contribution in [0.25, 0.3) is 5.76 Å². The molecule has 2 saturated heterocycles. The van der Waals surface area contributed by atoms with E-state index < -0.39 is 23.5 Å². The molecule has 0 aromatic heterocycles. The number of hydrogen-bond acceptors (Lipinski definition) is 4. The Morgan fingerprint density at radius 1 is 1.18 bits per heavy atom. The molecule has 0 radical (unpaired) electrons. The Labute approximate surface area is 163 Å². The first-order valence-electron chi connectivity index (χ1n) is 9.87. The van der Waals surface area contributed by atoms with Gasteiger partial charge in [0, 0.05) is 18.7 Å². The summed E-state index contributed by atoms with van der Waals surface area (Å²) in [6.45, 7) is 1.02. The Kier molecular flexibility index (Phi) is 5.31. The zero-order valence-electron chi connectivity index (χ0n) is 15.6. The Balaban J connectivity index is 1.74. The summed E-state index contributed by atoms with van der Waals surface area (Å²) in [5.41, 5.74) is 0.475. The lowest BCUT2D eigenvalue weighted by molar-refractivity contribution is -0.141. The van der Waals surface area contributed by atoms with Crippen molar-refractivity contribution in [2.45, 2.75) is 44.2 Å². The van der Waals surface area contributed by atoms with E-state index in [9.17, 15) is 19.1 Å². The van der Waals surface area contributed by atoms with Gasteiger partial charge in [-0.25, -0.2) is 4.39 Å². The molecule has 0 saturated carbocycles. The molecule has 0 bridgehead atoms. The van der Waals surface area contributed by atoms with Crippen LogP contribution in [0.3, 0.4) is 0 Å². The number of carbonyl (C=O) groups excluding carboxylic acids is 2. The predicted molar refractivity (Wildman–Crippen MR) is 102 cm³/mol. The van der Waals surface area contributed by atoms with E-state index in [1.807, 2.05) is 0 Å². The van der Waals surface area contributed by atoms with Gasteiger partial charge in [-0.2, -0.15) is 0 Å². The van der Waals surface area contributed by atoms with Crippen LogP contribution in [0.15, 0.2) is 42.0 Å². The minimum Gasteiger partial charge on any atom is -0.507 e. The highest BCUT2D eigenvalue weighted by molar-refractivity contribution is 6.46. The zero-order valence-corrected chi connectivity index (χ0v) is 15.6. The average Bonchev–Trinajstić information content (AvgIpc) is 3.31. The maximum Gasteiger partial charge on any atom is 0.295 e. The first-order chi connectivity index (χ1) is 13.6. The van der Waals surface area contributed by atoms with Gasteiger partial charge in [-0.1, -0.05) is 12.2 Å². The third kappa shape index (κ3) is 3.49. The Bertz CT molecular complexity index is 823. The van der Waals surface area contributed by atoms with Crippen LogP contribution in [0.2, 0.25) is 0 Å². The molecule has 28 heavy (non-hydrogen) atoms. The fourth-order valence-corrected chi connectivity index (χ4v) is 4.47. The molecule has 0 spiro atoms. The van der Waals surface area contributed by atoms with Crippen molar-refractivity contribution in [1.82, 2.24) is 4.90 Å². The van der Waals surface area contributed by atoms with Gasteiger partial charge in [-0.15, -0.1) is 0 Å². The summed E-state index contributed by atoms with van der Waals surface area (Å²) in [5, 5.41) is 10.9. The van der Waals surface area contributed by atoms with Gasteiger partial charge < -0.3 is 14.7 Å². The first kappa shape index (κ1) is 18.9. The first-order valence-corrected chi connectivity index (χ1v) is 9.87. The minimum atomic E-state index is -0.667. The van der Waals surface area contributed by atoms with Gasteiger partial charge in [0.25, 0.3) is 11.7 Å². The summed E-state index contributed by atoms with van der Waals surface area (Å²) in [7, 11) is 0. The molecule has 6 heteroatoms. The number of aliphatic hydroxyl groups is 1. The molecule has 3 atom stereocenters. The van der Waals surface area contributed by atoms with Crippen LogP contribution in [-0.2, 0) is 14.3 Å². The lowest BCUT2D eigenvalue weighted by Crippen LogP contribution is -2.43. The third-order valence-electron chi connectivity index (χ3n) is 5.88. The molecule has 1 aromatic carbocycles. The van der Waals surface area contributed by atoms with E-state index in [4.69, 9.17) is 4.74 Å². The van der Waals surface area contributed by atoms with Crippen LogP contribution in [0, 0.1) is 11.7 Å². The van der Waals surface area contributed by atoms with E-state index in [1.54, 1.807) is 4.90 Å². The van der Waals surface area contributed by atoms with Gasteiger partial charge in [0.15, 0.2) is 0 Å². The summed E-state index contributed by atoms with van der Waals surface area (Å²) >= 11 is 0. The second-order valence-electron chi connectivity index (χ2n) is 7.68. The van der Waals surface area contributed by atoms with Crippen LogP contribution >= 0.6 is 0 Å². The van der Waals surface area contributed by atoms with Crippen LogP contribution < -0.4 is 0 Å². The summed E-state index contributed by atoms with van der Waals surface area (Å²) < 4.78 is 19.0. The predicted octanol–water partition coefficient (Wildman–Crippen LogP) is 3.41. The summed E-state index contributed by atoms with van der Waals surface area (Å²) in [4.78, 5) is 27.3. The number of halogens is 1. The van der Waals surface area contributed by atoms with Gasteiger partial charge in [0.1, 0.15) is 11.6 Å². The molecule has 1 N–H and O–H groups in total. The summed E-state index contributed by atoms with van der Waals surface area (Å²) in [5.74, 6) is -1.85. The van der Waals surface area contributed by atoms with Crippen molar-refractivity contribution >= 4 is 17.4 Å². The SMILES string of the molecule is O=C1C(=O)N(CC2CCCO2)C(C2CC=CCC2)C1=C(O)c1ccc(F)cc1. The highest BCUT2D eigenvalue weighted by Gasteiger charge is 2.49. The molecule has 148 valence electrons. The number of aliphatic hydroxyl groups excluding tert-OH is 1. The van der Waals surface area contributed by atoms with Gasteiger partial charge >= 0.3 is 0 Å². The van der Waals surface area contributed by atoms with Crippen molar-refractivity contribution in [2.24, 2.45) is 5.92 Å². The standard InChI is InChI=1S/C22H24FNO4/c23-16-10-8-15(9-11-16)20(25)18-19(14-5-2-1-3-6-14)24(22(27)21(18)26)13-17-7-4-12-28-17/h1-2,8-11,14,17,19,25H,3-7,12-13H2. The lowest BCUT2D eigenvalue weighted by atomic mass is 9.83. The van der Waals surface area contributed by atoms with Gasteiger partial charge in [-0.3, -0.25) is 9.59 Å². The van der Waals surface area contributed by atoms with Gasteiger partial charge in [0.2, 0.25) is 0 Å². The van der Waals surface area contributed by atoms with Crippen molar-refractivity contribution in [3.05, 3.63) is 53.4 Å². The van der Waals surface area contributed by atoms with Crippen LogP contribution in [0.4, 0.5) is 4.39 Å². The number of benzene rings is 1. The number of ketones is 1. The molecule has 1 aliphatic carbocycles. The fraction of sp³-hybridized carbons (Fsp3) is 0.455. The Hall–Kier alpha value is -2.47. The molecule has 2 heterocycles.